The lowest BCUT2D eigenvalue weighted by molar-refractivity contribution is -0.155. The summed E-state index contributed by atoms with van der Waals surface area (Å²) >= 11 is 6.48. The van der Waals surface area contributed by atoms with Crippen LogP contribution in [0.4, 0.5) is 5.69 Å². The molecule has 2 fully saturated rings. The standard InChI is InChI=1S/C27H27ClN2O/c1-20-23(13-8-14-24(20)28)27(29-22-11-6-3-7-12-22)16-26(17-27)18-30(19-26)25(31)15-21-9-4-2-5-10-21/h2-14,29H,15-19H2,1H3. The number of nitrogens with zero attached hydrogens (tertiary/aromatic N) is 1. The normalized spacial score (nSPS) is 18.2. The van der Waals surface area contributed by atoms with Crippen LogP contribution in [0, 0.1) is 12.3 Å². The number of carbonyl (C=O) groups is 1. The maximum atomic E-state index is 12.7. The molecule has 1 saturated heterocycles. The summed E-state index contributed by atoms with van der Waals surface area (Å²) in [5, 5.41) is 4.63. The lowest BCUT2D eigenvalue weighted by atomic mass is 9.51. The maximum absolute atomic E-state index is 12.7. The summed E-state index contributed by atoms with van der Waals surface area (Å²) in [6.07, 6.45) is 2.49. The molecule has 0 unspecified atom stereocenters. The molecule has 3 aromatic rings. The van der Waals surface area contributed by atoms with E-state index < -0.39 is 0 Å². The van der Waals surface area contributed by atoms with Crippen LogP contribution >= 0.6 is 11.6 Å². The zero-order valence-electron chi connectivity index (χ0n) is 17.8. The number of anilines is 1. The van der Waals surface area contributed by atoms with E-state index in [0.717, 1.165) is 47.8 Å². The minimum Gasteiger partial charge on any atom is -0.375 e. The number of halogens is 1. The van der Waals surface area contributed by atoms with Gasteiger partial charge in [-0.05, 0) is 54.7 Å². The molecule has 0 aromatic heterocycles. The van der Waals surface area contributed by atoms with E-state index in [0.29, 0.717) is 6.42 Å². The van der Waals surface area contributed by atoms with E-state index in [1.54, 1.807) is 0 Å². The second kappa shape index (κ2) is 7.72. The Morgan fingerprint density at radius 1 is 0.935 bits per heavy atom. The van der Waals surface area contributed by atoms with Crippen LogP contribution in [0.25, 0.3) is 0 Å². The first-order valence-electron chi connectivity index (χ1n) is 10.9. The van der Waals surface area contributed by atoms with Crippen LogP contribution in [-0.4, -0.2) is 23.9 Å². The molecule has 1 spiro atoms. The van der Waals surface area contributed by atoms with Crippen molar-refractivity contribution in [3.63, 3.8) is 0 Å². The van der Waals surface area contributed by atoms with Gasteiger partial charge < -0.3 is 10.2 Å². The van der Waals surface area contributed by atoms with Gasteiger partial charge in [0.1, 0.15) is 0 Å². The molecule has 1 aliphatic carbocycles. The second-order valence-corrected chi connectivity index (χ2v) is 9.66. The molecule has 5 rings (SSSR count). The number of carbonyl (C=O) groups excluding carboxylic acids is 1. The topological polar surface area (TPSA) is 32.3 Å². The molecule has 3 nitrogen and oxygen atoms in total. The molecule has 1 N–H and O–H groups in total. The molecular formula is C27H27ClN2O. The molecule has 1 amide bonds. The van der Waals surface area contributed by atoms with Gasteiger partial charge in [-0.15, -0.1) is 0 Å². The van der Waals surface area contributed by atoms with Gasteiger partial charge in [-0.1, -0.05) is 72.3 Å². The van der Waals surface area contributed by atoms with Crippen molar-refractivity contribution in [3.05, 3.63) is 101 Å². The Balaban J connectivity index is 1.32. The Kier molecular flexibility index (Phi) is 5.02. The number of nitrogens with one attached hydrogen (secondary N) is 1. The highest BCUT2D eigenvalue weighted by atomic mass is 35.5. The molecule has 2 aliphatic rings. The molecule has 0 atom stereocenters. The highest BCUT2D eigenvalue weighted by Crippen LogP contribution is 2.60. The molecule has 158 valence electrons. The van der Waals surface area contributed by atoms with Crippen LogP contribution in [0.1, 0.15) is 29.5 Å². The van der Waals surface area contributed by atoms with Crippen molar-refractivity contribution >= 4 is 23.2 Å². The van der Waals surface area contributed by atoms with Crippen LogP contribution < -0.4 is 5.32 Å². The van der Waals surface area contributed by atoms with Crippen molar-refractivity contribution < 1.29 is 4.79 Å². The summed E-state index contributed by atoms with van der Waals surface area (Å²) in [5.41, 5.74) is 4.65. The van der Waals surface area contributed by atoms with E-state index in [9.17, 15) is 4.79 Å². The number of likely N-dealkylation sites (tertiary alicyclic amines) is 1. The van der Waals surface area contributed by atoms with E-state index in [-0.39, 0.29) is 16.9 Å². The fourth-order valence-electron chi connectivity index (χ4n) is 5.54. The van der Waals surface area contributed by atoms with Gasteiger partial charge in [0, 0.05) is 29.2 Å². The molecule has 1 aliphatic heterocycles. The Hall–Kier alpha value is -2.78. The van der Waals surface area contributed by atoms with Crippen molar-refractivity contribution in [2.45, 2.75) is 31.7 Å². The van der Waals surface area contributed by atoms with Gasteiger partial charge in [-0.2, -0.15) is 0 Å². The summed E-state index contributed by atoms with van der Waals surface area (Å²) in [7, 11) is 0. The van der Waals surface area contributed by atoms with Crippen LogP contribution in [0.5, 0.6) is 0 Å². The zero-order valence-corrected chi connectivity index (χ0v) is 18.5. The van der Waals surface area contributed by atoms with E-state index in [1.165, 1.54) is 5.56 Å². The Labute approximate surface area is 189 Å². The number of benzene rings is 3. The SMILES string of the molecule is Cc1c(Cl)cccc1C1(Nc2ccccc2)CC2(CN(C(=O)Cc3ccccc3)C2)C1. The smallest absolute Gasteiger partial charge is 0.227 e. The average molecular weight is 431 g/mol. The monoisotopic (exact) mass is 430 g/mol. The zero-order chi connectivity index (χ0) is 21.5. The summed E-state index contributed by atoms with van der Waals surface area (Å²) in [6, 6.07) is 26.6. The van der Waals surface area contributed by atoms with Crippen molar-refractivity contribution in [2.24, 2.45) is 5.41 Å². The first kappa shape index (κ1) is 20.1. The average Bonchev–Trinajstić information content (AvgIpc) is 2.72. The Morgan fingerprint density at radius 3 is 2.26 bits per heavy atom. The highest BCUT2D eigenvalue weighted by molar-refractivity contribution is 6.31. The predicted octanol–water partition coefficient (Wildman–Crippen LogP) is 5.82. The van der Waals surface area contributed by atoms with Gasteiger partial charge in [0.15, 0.2) is 0 Å². The molecule has 31 heavy (non-hydrogen) atoms. The van der Waals surface area contributed by atoms with Gasteiger partial charge in [0.25, 0.3) is 0 Å². The van der Waals surface area contributed by atoms with Gasteiger partial charge in [0.2, 0.25) is 5.91 Å². The van der Waals surface area contributed by atoms with Crippen molar-refractivity contribution in [3.8, 4) is 0 Å². The molecule has 0 radical (unpaired) electrons. The van der Waals surface area contributed by atoms with Gasteiger partial charge in [-0.25, -0.2) is 0 Å². The third kappa shape index (κ3) is 3.72. The summed E-state index contributed by atoms with van der Waals surface area (Å²) < 4.78 is 0. The van der Waals surface area contributed by atoms with E-state index in [2.05, 4.69) is 42.6 Å². The van der Waals surface area contributed by atoms with Crippen LogP contribution in [0.3, 0.4) is 0 Å². The van der Waals surface area contributed by atoms with Gasteiger partial charge in [-0.3, -0.25) is 4.79 Å². The summed E-state index contributed by atoms with van der Waals surface area (Å²) in [4.78, 5) is 14.8. The van der Waals surface area contributed by atoms with Crippen LogP contribution in [0.15, 0.2) is 78.9 Å². The fraction of sp³-hybridized carbons (Fsp3) is 0.296. The number of amides is 1. The molecule has 3 aromatic carbocycles. The molecule has 0 bridgehead atoms. The van der Waals surface area contributed by atoms with Crippen molar-refractivity contribution in [2.75, 3.05) is 18.4 Å². The van der Waals surface area contributed by atoms with E-state index in [1.807, 2.05) is 53.4 Å². The van der Waals surface area contributed by atoms with Gasteiger partial charge >= 0.3 is 0 Å². The number of para-hydroxylation sites is 1. The Bertz CT molecular complexity index is 1080. The van der Waals surface area contributed by atoms with Crippen LogP contribution in [0.2, 0.25) is 5.02 Å². The third-order valence-electron chi connectivity index (χ3n) is 6.90. The maximum Gasteiger partial charge on any atom is 0.227 e. The number of hydrogen-bond donors (Lipinski definition) is 1. The quantitative estimate of drug-likeness (QED) is 0.553. The molecule has 1 heterocycles. The number of hydrogen-bond acceptors (Lipinski definition) is 2. The second-order valence-electron chi connectivity index (χ2n) is 9.25. The fourth-order valence-corrected chi connectivity index (χ4v) is 5.72. The largest absolute Gasteiger partial charge is 0.375 e. The predicted molar refractivity (Wildman–Crippen MR) is 126 cm³/mol. The minimum atomic E-state index is -0.148. The molecular weight excluding hydrogens is 404 g/mol. The lowest BCUT2D eigenvalue weighted by Gasteiger charge is -2.65. The number of rotatable bonds is 5. The first-order chi connectivity index (χ1) is 15.0. The van der Waals surface area contributed by atoms with Crippen LogP contribution in [-0.2, 0) is 16.8 Å². The summed E-state index contributed by atoms with van der Waals surface area (Å²) in [6.45, 7) is 3.79. The minimum absolute atomic E-state index is 0.148. The lowest BCUT2D eigenvalue weighted by Crippen LogP contribution is -2.69. The van der Waals surface area contributed by atoms with E-state index in [4.69, 9.17) is 11.6 Å². The van der Waals surface area contributed by atoms with Crippen molar-refractivity contribution in [1.29, 1.82) is 0 Å². The van der Waals surface area contributed by atoms with Gasteiger partial charge in [0.05, 0.1) is 12.0 Å². The molecule has 4 heteroatoms. The van der Waals surface area contributed by atoms with E-state index >= 15 is 0 Å². The first-order valence-corrected chi connectivity index (χ1v) is 11.3. The Morgan fingerprint density at radius 2 is 1.58 bits per heavy atom. The molecule has 1 saturated carbocycles. The third-order valence-corrected chi connectivity index (χ3v) is 7.31. The highest BCUT2D eigenvalue weighted by Gasteiger charge is 2.61. The van der Waals surface area contributed by atoms with Crippen molar-refractivity contribution in [1.82, 2.24) is 4.90 Å². The summed E-state index contributed by atoms with van der Waals surface area (Å²) in [5.74, 6) is 0.226.